The third-order valence-corrected chi connectivity index (χ3v) is 7.60. The lowest BCUT2D eigenvalue weighted by molar-refractivity contribution is -0.387. The average Bonchev–Trinajstić information content (AvgIpc) is 2.93. The molecular weight excluding hydrogens is 552 g/mol. The van der Waals surface area contributed by atoms with Gasteiger partial charge in [0, 0.05) is 12.1 Å². The summed E-state index contributed by atoms with van der Waals surface area (Å²) in [5.74, 6) is -2.69. The van der Waals surface area contributed by atoms with Crippen LogP contribution in [-0.2, 0) is 35.8 Å². The van der Waals surface area contributed by atoms with Crippen LogP contribution in [0.3, 0.4) is 0 Å². The number of hydrogen-bond donors (Lipinski definition) is 3. The van der Waals surface area contributed by atoms with Crippen molar-refractivity contribution in [3.8, 4) is 0 Å². The Bertz CT molecular complexity index is 1360. The highest BCUT2D eigenvalue weighted by Gasteiger charge is 2.29. The monoisotopic (exact) mass is 588 g/mol. The number of nitro benzene ring substituents is 1. The van der Waals surface area contributed by atoms with Gasteiger partial charge >= 0.3 is 5.97 Å². The molecule has 0 unspecified atom stereocenters. The number of esters is 1. The highest BCUT2D eigenvalue weighted by molar-refractivity contribution is 7.89. The first kappa shape index (κ1) is 33.1. The fourth-order valence-electron chi connectivity index (χ4n) is 3.61. The smallest absolute Gasteiger partial charge is 0.329 e. The van der Waals surface area contributed by atoms with Crippen molar-refractivity contribution in [2.75, 3.05) is 0 Å². The largest absolute Gasteiger partial charge is 0.459 e. The quantitative estimate of drug-likeness (QED) is 0.131. The number of carbonyl (C=O) groups is 3. The zero-order valence-electron chi connectivity index (χ0n) is 23.6. The van der Waals surface area contributed by atoms with E-state index in [4.69, 9.17) is 4.74 Å². The van der Waals surface area contributed by atoms with E-state index >= 15 is 0 Å². The highest BCUT2D eigenvalue weighted by atomic mass is 32.2. The standard InChI is InChI=1S/C28H36N4O8S/c1-18(2)25(28(35)40-17-22-11-7-6-8-12-22)30-27(34)21(5)29-26(33)19(3)15-16-20(4)31-41(38,39)24-14-10-9-13-23(24)32(36)37/h6-16,18-21,25,31H,17H2,1-5H3,(H,29,33)(H,30,34)/b16-15+/t19-,20+,21+,25+/m1/s1. The minimum Gasteiger partial charge on any atom is -0.459 e. The van der Waals surface area contributed by atoms with E-state index in [-0.39, 0.29) is 12.5 Å². The molecule has 0 aromatic heterocycles. The Kier molecular flexibility index (Phi) is 12.2. The summed E-state index contributed by atoms with van der Waals surface area (Å²) >= 11 is 0. The molecule has 0 saturated carbocycles. The first-order valence-electron chi connectivity index (χ1n) is 13.0. The van der Waals surface area contributed by atoms with E-state index in [1.807, 2.05) is 30.3 Å². The van der Waals surface area contributed by atoms with Crippen molar-refractivity contribution in [2.24, 2.45) is 11.8 Å². The number of rotatable bonds is 14. The Morgan fingerprint density at radius 3 is 2.12 bits per heavy atom. The molecule has 0 aliphatic rings. The van der Waals surface area contributed by atoms with Crippen LogP contribution in [0.15, 0.2) is 71.6 Å². The van der Waals surface area contributed by atoms with Gasteiger partial charge in [-0.2, -0.15) is 0 Å². The first-order valence-corrected chi connectivity index (χ1v) is 14.5. The van der Waals surface area contributed by atoms with Gasteiger partial charge in [-0.15, -0.1) is 0 Å². The number of hydrogen-bond acceptors (Lipinski definition) is 8. The molecule has 222 valence electrons. The average molecular weight is 589 g/mol. The predicted molar refractivity (Wildman–Crippen MR) is 152 cm³/mol. The van der Waals surface area contributed by atoms with Crippen LogP contribution in [0.5, 0.6) is 0 Å². The lowest BCUT2D eigenvalue weighted by Gasteiger charge is -2.23. The summed E-state index contributed by atoms with van der Waals surface area (Å²) < 4.78 is 33.0. The number of ether oxygens (including phenoxy) is 1. The number of amides is 2. The molecule has 2 aromatic carbocycles. The minimum atomic E-state index is -4.21. The van der Waals surface area contributed by atoms with E-state index in [9.17, 15) is 32.9 Å². The van der Waals surface area contributed by atoms with Crippen LogP contribution in [0.4, 0.5) is 5.69 Å². The zero-order chi connectivity index (χ0) is 30.7. The van der Waals surface area contributed by atoms with Gasteiger partial charge in [0.25, 0.3) is 5.69 Å². The molecule has 2 amide bonds. The first-order chi connectivity index (χ1) is 19.2. The van der Waals surface area contributed by atoms with Gasteiger partial charge in [0.1, 0.15) is 18.7 Å². The van der Waals surface area contributed by atoms with Gasteiger partial charge < -0.3 is 15.4 Å². The van der Waals surface area contributed by atoms with Crippen LogP contribution >= 0.6 is 0 Å². The third kappa shape index (κ3) is 10.1. The van der Waals surface area contributed by atoms with Crippen molar-refractivity contribution in [1.29, 1.82) is 0 Å². The van der Waals surface area contributed by atoms with Crippen molar-refractivity contribution < 1.29 is 32.5 Å². The molecule has 0 radical (unpaired) electrons. The van der Waals surface area contributed by atoms with Gasteiger partial charge in [-0.1, -0.05) is 75.4 Å². The molecule has 0 heterocycles. The number of benzene rings is 2. The van der Waals surface area contributed by atoms with Gasteiger partial charge in [-0.3, -0.25) is 19.7 Å². The molecule has 0 aliphatic heterocycles. The molecule has 2 rings (SSSR count). The number of nitrogens with one attached hydrogen (secondary N) is 3. The number of para-hydroxylation sites is 1. The summed E-state index contributed by atoms with van der Waals surface area (Å²) in [6.45, 7) is 8.11. The van der Waals surface area contributed by atoms with Gasteiger partial charge in [-0.05, 0) is 31.4 Å². The van der Waals surface area contributed by atoms with Crippen molar-refractivity contribution in [2.45, 2.75) is 64.2 Å². The van der Waals surface area contributed by atoms with E-state index in [1.54, 1.807) is 20.8 Å². The molecule has 12 nitrogen and oxygen atoms in total. The Morgan fingerprint density at radius 1 is 0.902 bits per heavy atom. The Balaban J connectivity index is 1.93. The molecule has 13 heteroatoms. The summed E-state index contributed by atoms with van der Waals surface area (Å²) in [4.78, 5) is 48.0. The van der Waals surface area contributed by atoms with Crippen LogP contribution in [0, 0.1) is 22.0 Å². The van der Waals surface area contributed by atoms with Crippen molar-refractivity contribution in [3.05, 3.63) is 82.4 Å². The van der Waals surface area contributed by atoms with Crippen LogP contribution in [0.2, 0.25) is 0 Å². The van der Waals surface area contributed by atoms with Gasteiger partial charge in [0.2, 0.25) is 21.8 Å². The molecule has 0 saturated heterocycles. The van der Waals surface area contributed by atoms with Crippen molar-refractivity contribution in [1.82, 2.24) is 15.4 Å². The molecule has 4 atom stereocenters. The van der Waals surface area contributed by atoms with Gasteiger partial charge in [0.15, 0.2) is 4.90 Å². The molecule has 41 heavy (non-hydrogen) atoms. The number of nitro groups is 1. The van der Waals surface area contributed by atoms with Crippen LogP contribution < -0.4 is 15.4 Å². The highest BCUT2D eigenvalue weighted by Crippen LogP contribution is 2.23. The molecule has 0 aliphatic carbocycles. The maximum absolute atomic E-state index is 12.8. The molecular formula is C28H36N4O8S. The second kappa shape index (κ2) is 15.1. The summed E-state index contributed by atoms with van der Waals surface area (Å²) in [6, 6.07) is 11.4. The third-order valence-electron chi connectivity index (χ3n) is 5.99. The molecule has 3 N–H and O–H groups in total. The molecule has 0 spiro atoms. The maximum atomic E-state index is 12.8. The van der Waals surface area contributed by atoms with E-state index in [0.717, 1.165) is 17.7 Å². The van der Waals surface area contributed by atoms with Gasteiger partial charge in [-0.25, -0.2) is 17.9 Å². The van der Waals surface area contributed by atoms with Crippen LogP contribution in [-0.4, -0.2) is 49.3 Å². The summed E-state index contributed by atoms with van der Waals surface area (Å²) in [7, 11) is -4.21. The van der Waals surface area contributed by atoms with Crippen LogP contribution in [0.1, 0.15) is 40.2 Å². The molecule has 2 aromatic rings. The second-order valence-electron chi connectivity index (χ2n) is 9.86. The molecule has 0 fully saturated rings. The fraction of sp³-hybridized carbons (Fsp3) is 0.393. The van der Waals surface area contributed by atoms with Gasteiger partial charge in [0.05, 0.1) is 10.8 Å². The molecule has 0 bridgehead atoms. The Labute approximate surface area is 239 Å². The minimum absolute atomic E-state index is 0.0612. The van der Waals surface area contributed by atoms with E-state index in [2.05, 4.69) is 15.4 Å². The van der Waals surface area contributed by atoms with E-state index < -0.39 is 67.4 Å². The SMILES string of the molecule is CC(C)[C@H](NC(=O)[C@H](C)NC(=O)[C@H](C)/C=C/[C@H](C)NS(=O)(=O)c1ccccc1[N+](=O)[O-])C(=O)OCc1ccccc1. The second-order valence-corrected chi connectivity index (χ2v) is 11.5. The summed E-state index contributed by atoms with van der Waals surface area (Å²) in [6.07, 6.45) is 2.88. The topological polar surface area (TPSA) is 174 Å². The predicted octanol–water partition coefficient (Wildman–Crippen LogP) is 2.84. The van der Waals surface area contributed by atoms with E-state index in [1.165, 1.54) is 38.1 Å². The Hall–Kier alpha value is -4.10. The number of nitrogens with zero attached hydrogens (tertiary/aromatic N) is 1. The zero-order valence-corrected chi connectivity index (χ0v) is 24.4. The number of sulfonamides is 1. The van der Waals surface area contributed by atoms with Crippen LogP contribution in [0.25, 0.3) is 0 Å². The fourth-order valence-corrected chi connectivity index (χ4v) is 4.98. The normalized spacial score (nSPS) is 14.6. The lowest BCUT2D eigenvalue weighted by Crippen LogP contribution is -2.53. The van der Waals surface area contributed by atoms with E-state index in [0.29, 0.717) is 0 Å². The maximum Gasteiger partial charge on any atom is 0.329 e. The number of carbonyl (C=O) groups excluding carboxylic acids is 3. The van der Waals surface area contributed by atoms with Crippen molar-refractivity contribution >= 4 is 33.5 Å². The summed E-state index contributed by atoms with van der Waals surface area (Å²) in [5.41, 5.74) is 0.251. The van der Waals surface area contributed by atoms with Crippen molar-refractivity contribution in [3.63, 3.8) is 0 Å². The Morgan fingerprint density at radius 2 is 1.51 bits per heavy atom. The summed E-state index contributed by atoms with van der Waals surface area (Å²) in [5, 5.41) is 16.4. The lowest BCUT2D eigenvalue weighted by atomic mass is 10.0.